The Morgan fingerprint density at radius 2 is 1.86 bits per heavy atom. The van der Waals surface area contributed by atoms with E-state index in [-0.39, 0.29) is 16.8 Å². The Kier molecular flexibility index (Phi) is 7.10. The van der Waals surface area contributed by atoms with Gasteiger partial charge < -0.3 is 0 Å². The first-order valence-electron chi connectivity index (χ1n) is 4.59. The van der Waals surface area contributed by atoms with E-state index < -0.39 is 0 Å². The molecule has 0 radical (unpaired) electrons. The molecule has 1 rings (SSSR count). The van der Waals surface area contributed by atoms with E-state index in [1.165, 1.54) is 17.7 Å². The second-order valence-corrected chi connectivity index (χ2v) is 3.84. The lowest BCUT2D eigenvalue weighted by molar-refractivity contribution is 0.623. The molecule has 1 aromatic carbocycles. The highest BCUT2D eigenvalue weighted by molar-refractivity contribution is 9.09. The Morgan fingerprint density at radius 1 is 1.29 bits per heavy atom. The van der Waals surface area contributed by atoms with Crippen molar-refractivity contribution in [1.29, 1.82) is 0 Å². The van der Waals surface area contributed by atoms with Gasteiger partial charge in [-0.05, 0) is 41.0 Å². The maximum atomic E-state index is 12.6. The topological polar surface area (TPSA) is 0 Å². The molecule has 0 N–H and O–H groups in total. The smallest absolute Gasteiger partial charge is 0.123 e. The van der Waals surface area contributed by atoms with Crippen LogP contribution in [0.15, 0.2) is 24.3 Å². The summed E-state index contributed by atoms with van der Waals surface area (Å²) in [5.74, 6) is 0.360. The Bertz CT molecular complexity index is 248. The molecular weight excluding hydrogens is 259 g/mol. The number of hydrogen-bond donors (Lipinski definition) is 0. The van der Waals surface area contributed by atoms with Gasteiger partial charge in [-0.1, -0.05) is 41.4 Å². The number of halogens is 2. The molecule has 1 unspecified atom stereocenters. The van der Waals surface area contributed by atoms with Crippen molar-refractivity contribution in [1.82, 2.24) is 0 Å². The van der Waals surface area contributed by atoms with Crippen molar-refractivity contribution in [3.05, 3.63) is 35.6 Å². The van der Waals surface area contributed by atoms with Gasteiger partial charge in [-0.3, -0.25) is 0 Å². The van der Waals surface area contributed by atoms with Crippen molar-refractivity contribution in [2.45, 2.75) is 25.7 Å². The van der Waals surface area contributed by atoms with E-state index in [4.69, 9.17) is 0 Å². The van der Waals surface area contributed by atoms with Crippen molar-refractivity contribution in [2.24, 2.45) is 0 Å². The Balaban J connectivity index is 0.00000169. The highest BCUT2D eigenvalue weighted by Gasteiger charge is 2.08. The minimum Gasteiger partial charge on any atom is -0.207 e. The molecule has 1 atom stereocenters. The molecule has 0 amide bonds. The SMILES string of the molecule is CCCC(CBr)c1ccc(F)cc1.[SiH4]. The fourth-order valence-corrected chi connectivity index (χ4v) is 2.11. The second-order valence-electron chi connectivity index (χ2n) is 3.19. The number of alkyl halides is 1. The summed E-state index contributed by atoms with van der Waals surface area (Å²) in [5, 5.41) is 0.951. The largest absolute Gasteiger partial charge is 0.207 e. The molecule has 0 nitrogen and oxygen atoms in total. The van der Waals surface area contributed by atoms with Gasteiger partial charge >= 0.3 is 0 Å². The molecule has 0 aliphatic heterocycles. The highest BCUT2D eigenvalue weighted by Crippen LogP contribution is 2.23. The van der Waals surface area contributed by atoms with Crippen LogP contribution in [0.4, 0.5) is 4.39 Å². The van der Waals surface area contributed by atoms with Crippen LogP contribution in [-0.2, 0) is 0 Å². The lowest BCUT2D eigenvalue weighted by atomic mass is 9.97. The third-order valence-corrected chi connectivity index (χ3v) is 2.95. The summed E-state index contributed by atoms with van der Waals surface area (Å²) in [4.78, 5) is 0. The number of hydrogen-bond acceptors (Lipinski definition) is 0. The zero-order valence-corrected chi connectivity index (χ0v) is 9.35. The molecule has 3 heteroatoms. The lowest BCUT2D eigenvalue weighted by Crippen LogP contribution is -1.99. The predicted molar refractivity (Wildman–Crippen MR) is 69.2 cm³/mol. The summed E-state index contributed by atoms with van der Waals surface area (Å²) in [6.07, 6.45) is 2.31. The third kappa shape index (κ3) is 3.92. The summed E-state index contributed by atoms with van der Waals surface area (Å²) in [6.45, 7) is 2.17. The molecule has 1 aromatic rings. The van der Waals surface area contributed by atoms with E-state index in [1.807, 2.05) is 12.1 Å². The van der Waals surface area contributed by atoms with Crippen LogP contribution in [0.2, 0.25) is 0 Å². The summed E-state index contributed by atoms with van der Waals surface area (Å²) in [6, 6.07) is 6.80. The van der Waals surface area contributed by atoms with Crippen LogP contribution in [0.3, 0.4) is 0 Å². The van der Waals surface area contributed by atoms with Gasteiger partial charge in [0.2, 0.25) is 0 Å². The molecule has 0 aromatic heterocycles. The maximum Gasteiger partial charge on any atom is 0.123 e. The molecule has 0 aliphatic rings. The molecule has 0 saturated carbocycles. The van der Waals surface area contributed by atoms with Gasteiger partial charge in [0.15, 0.2) is 0 Å². The van der Waals surface area contributed by atoms with Crippen molar-refractivity contribution in [3.8, 4) is 0 Å². The minimum atomic E-state index is -0.159. The van der Waals surface area contributed by atoms with Gasteiger partial charge in [-0.15, -0.1) is 0 Å². The van der Waals surface area contributed by atoms with Crippen LogP contribution in [0.5, 0.6) is 0 Å². The quantitative estimate of drug-likeness (QED) is 0.586. The van der Waals surface area contributed by atoms with Gasteiger partial charge in [-0.25, -0.2) is 4.39 Å². The van der Waals surface area contributed by atoms with E-state index in [1.54, 1.807) is 0 Å². The number of rotatable bonds is 4. The van der Waals surface area contributed by atoms with E-state index in [9.17, 15) is 4.39 Å². The molecule has 80 valence electrons. The average Bonchev–Trinajstić information content (AvgIpc) is 2.16. The summed E-state index contributed by atoms with van der Waals surface area (Å²) in [5.41, 5.74) is 1.22. The average molecular weight is 277 g/mol. The Morgan fingerprint density at radius 3 is 2.29 bits per heavy atom. The second kappa shape index (κ2) is 7.18. The zero-order chi connectivity index (χ0) is 9.68. The molecule has 0 fully saturated rings. The molecule has 0 saturated heterocycles. The molecule has 14 heavy (non-hydrogen) atoms. The normalized spacial score (nSPS) is 11.9. The van der Waals surface area contributed by atoms with Crippen molar-refractivity contribution in [2.75, 3.05) is 5.33 Å². The van der Waals surface area contributed by atoms with Crippen LogP contribution >= 0.6 is 15.9 Å². The van der Waals surface area contributed by atoms with E-state index in [0.717, 1.165) is 18.2 Å². The molecule has 0 heterocycles. The third-order valence-electron chi connectivity index (χ3n) is 2.16. The van der Waals surface area contributed by atoms with Gasteiger partial charge in [0.25, 0.3) is 0 Å². The van der Waals surface area contributed by atoms with Crippen molar-refractivity contribution >= 4 is 26.9 Å². The lowest BCUT2D eigenvalue weighted by Gasteiger charge is -2.12. The van der Waals surface area contributed by atoms with Gasteiger partial charge in [-0.2, -0.15) is 0 Å². The fraction of sp³-hybridized carbons (Fsp3) is 0.455. The van der Waals surface area contributed by atoms with E-state index >= 15 is 0 Å². The van der Waals surface area contributed by atoms with Gasteiger partial charge in [0.1, 0.15) is 5.82 Å². The number of benzene rings is 1. The Labute approximate surface area is 98.1 Å². The maximum absolute atomic E-state index is 12.6. The van der Waals surface area contributed by atoms with Crippen molar-refractivity contribution in [3.63, 3.8) is 0 Å². The van der Waals surface area contributed by atoms with Crippen LogP contribution in [0, 0.1) is 5.82 Å². The zero-order valence-electron chi connectivity index (χ0n) is 7.76. The first-order valence-corrected chi connectivity index (χ1v) is 5.71. The minimum absolute atomic E-state index is 0. The summed E-state index contributed by atoms with van der Waals surface area (Å²) < 4.78 is 12.6. The first-order chi connectivity index (χ1) is 6.27. The van der Waals surface area contributed by atoms with Gasteiger partial charge in [0.05, 0.1) is 0 Å². The molecule has 0 aliphatic carbocycles. The van der Waals surface area contributed by atoms with Crippen LogP contribution < -0.4 is 0 Å². The Hall–Kier alpha value is -0.153. The first kappa shape index (κ1) is 13.8. The predicted octanol–water partition coefficient (Wildman–Crippen LogP) is 2.65. The highest BCUT2D eigenvalue weighted by atomic mass is 79.9. The van der Waals surface area contributed by atoms with Gasteiger partial charge in [0, 0.05) is 5.33 Å². The van der Waals surface area contributed by atoms with Crippen LogP contribution in [0.1, 0.15) is 31.2 Å². The molecule has 0 bridgehead atoms. The van der Waals surface area contributed by atoms with Crippen LogP contribution in [0.25, 0.3) is 0 Å². The summed E-state index contributed by atoms with van der Waals surface area (Å²) in [7, 11) is 0. The van der Waals surface area contributed by atoms with E-state index in [0.29, 0.717) is 5.92 Å². The van der Waals surface area contributed by atoms with Crippen LogP contribution in [-0.4, -0.2) is 16.3 Å². The van der Waals surface area contributed by atoms with E-state index in [2.05, 4.69) is 22.9 Å². The standard InChI is InChI=1S/C11H14BrF.H4Si/c1-2-3-10(8-12)9-4-6-11(13)7-5-9;/h4-7,10H,2-3,8H2,1H3;1H4. The fourth-order valence-electron chi connectivity index (χ4n) is 1.42. The molecule has 0 spiro atoms. The van der Waals surface area contributed by atoms with Crippen molar-refractivity contribution < 1.29 is 4.39 Å². The summed E-state index contributed by atoms with van der Waals surface area (Å²) >= 11 is 3.48. The monoisotopic (exact) mass is 276 g/mol. The molecular formula is C11H18BrFSi.